The first-order valence-corrected chi connectivity index (χ1v) is 5.91. The Morgan fingerprint density at radius 1 is 1.06 bits per heavy atom. The molecule has 1 nitrogen and oxygen atoms in total. The van der Waals surface area contributed by atoms with Crippen molar-refractivity contribution < 1.29 is 4.79 Å². The lowest BCUT2D eigenvalue weighted by Crippen LogP contribution is -1.91. The number of carbonyl (C=O) groups excluding carboxylic acids is 1. The van der Waals surface area contributed by atoms with Gasteiger partial charge in [-0.2, -0.15) is 0 Å². The maximum Gasteiger partial charge on any atom is 0.150 e. The van der Waals surface area contributed by atoms with Gasteiger partial charge in [-0.1, -0.05) is 48.2 Å². The fourth-order valence-corrected chi connectivity index (χ4v) is 1.70. The Kier molecular flexibility index (Phi) is 3.94. The number of benzene rings is 2. The summed E-state index contributed by atoms with van der Waals surface area (Å²) in [6, 6.07) is 17.5. The average molecular weight is 234 g/mol. The molecule has 1 atom stereocenters. The third kappa shape index (κ3) is 3.09. The van der Waals surface area contributed by atoms with Gasteiger partial charge in [0.25, 0.3) is 0 Å². The van der Waals surface area contributed by atoms with Crippen LogP contribution >= 0.6 is 0 Å². The van der Waals surface area contributed by atoms with Gasteiger partial charge in [0.15, 0.2) is 0 Å². The summed E-state index contributed by atoms with van der Waals surface area (Å²) in [6.07, 6.45) is 0.862. The summed E-state index contributed by atoms with van der Waals surface area (Å²) >= 11 is 0. The van der Waals surface area contributed by atoms with Crippen molar-refractivity contribution in [3.8, 4) is 11.8 Å². The van der Waals surface area contributed by atoms with Gasteiger partial charge in [0.1, 0.15) is 6.29 Å². The van der Waals surface area contributed by atoms with Crippen LogP contribution in [0.1, 0.15) is 34.3 Å². The molecule has 0 bridgehead atoms. The van der Waals surface area contributed by atoms with Crippen molar-refractivity contribution in [1.29, 1.82) is 0 Å². The van der Waals surface area contributed by atoms with Crippen LogP contribution in [0.4, 0.5) is 0 Å². The molecule has 1 heteroatoms. The summed E-state index contributed by atoms with van der Waals surface area (Å²) in [6.45, 7) is 2.04. The van der Waals surface area contributed by atoms with Crippen molar-refractivity contribution in [2.45, 2.75) is 12.8 Å². The lowest BCUT2D eigenvalue weighted by molar-refractivity contribution is 0.112. The normalized spacial score (nSPS) is 11.2. The van der Waals surface area contributed by atoms with E-state index in [0.29, 0.717) is 5.56 Å². The van der Waals surface area contributed by atoms with E-state index in [9.17, 15) is 4.79 Å². The summed E-state index contributed by atoms with van der Waals surface area (Å²) in [5.74, 6) is 6.46. The van der Waals surface area contributed by atoms with E-state index in [4.69, 9.17) is 0 Å². The van der Waals surface area contributed by atoms with Crippen LogP contribution in [0.15, 0.2) is 54.6 Å². The monoisotopic (exact) mass is 234 g/mol. The number of hydrogen-bond acceptors (Lipinski definition) is 1. The minimum atomic E-state index is 0.116. The molecular formula is C17H14O. The maximum atomic E-state index is 10.7. The lowest BCUT2D eigenvalue weighted by atomic mass is 9.99. The van der Waals surface area contributed by atoms with E-state index in [0.717, 1.165) is 17.4 Å². The van der Waals surface area contributed by atoms with Crippen molar-refractivity contribution in [3.63, 3.8) is 0 Å². The molecule has 2 rings (SSSR count). The maximum absolute atomic E-state index is 10.7. The van der Waals surface area contributed by atoms with Gasteiger partial charge in [-0.05, 0) is 30.7 Å². The molecule has 0 N–H and O–H groups in total. The van der Waals surface area contributed by atoms with E-state index in [-0.39, 0.29) is 5.92 Å². The van der Waals surface area contributed by atoms with Gasteiger partial charge in [0, 0.05) is 17.0 Å². The number of aldehydes is 1. The van der Waals surface area contributed by atoms with Crippen LogP contribution in [0.25, 0.3) is 0 Å². The van der Waals surface area contributed by atoms with Crippen molar-refractivity contribution in [1.82, 2.24) is 0 Å². The third-order valence-corrected chi connectivity index (χ3v) is 2.75. The van der Waals surface area contributed by atoms with Gasteiger partial charge in [0.2, 0.25) is 0 Å². The molecule has 0 aliphatic rings. The van der Waals surface area contributed by atoms with Crippen LogP contribution in [0.2, 0.25) is 0 Å². The van der Waals surface area contributed by atoms with Gasteiger partial charge in [0.05, 0.1) is 0 Å². The molecule has 0 saturated carbocycles. The summed E-state index contributed by atoms with van der Waals surface area (Å²) in [5, 5.41) is 0. The van der Waals surface area contributed by atoms with E-state index in [2.05, 4.69) is 11.8 Å². The van der Waals surface area contributed by atoms with E-state index in [1.165, 1.54) is 0 Å². The highest BCUT2D eigenvalue weighted by Crippen LogP contribution is 2.15. The minimum Gasteiger partial charge on any atom is -0.298 e. The van der Waals surface area contributed by atoms with Gasteiger partial charge in [-0.3, -0.25) is 4.79 Å². The number of hydrogen-bond donors (Lipinski definition) is 0. The summed E-state index contributed by atoms with van der Waals surface area (Å²) in [5.41, 5.74) is 2.78. The Morgan fingerprint density at radius 2 is 1.83 bits per heavy atom. The number of carbonyl (C=O) groups is 1. The molecular weight excluding hydrogens is 220 g/mol. The zero-order chi connectivity index (χ0) is 12.8. The molecule has 2 aromatic rings. The Morgan fingerprint density at radius 3 is 2.56 bits per heavy atom. The van der Waals surface area contributed by atoms with E-state index >= 15 is 0 Å². The van der Waals surface area contributed by atoms with Gasteiger partial charge >= 0.3 is 0 Å². The van der Waals surface area contributed by atoms with Crippen molar-refractivity contribution in [2.75, 3.05) is 0 Å². The summed E-state index contributed by atoms with van der Waals surface area (Å²) in [4.78, 5) is 10.7. The zero-order valence-corrected chi connectivity index (χ0v) is 10.3. The first kappa shape index (κ1) is 12.1. The smallest absolute Gasteiger partial charge is 0.150 e. The lowest BCUT2D eigenvalue weighted by Gasteiger charge is -2.04. The van der Waals surface area contributed by atoms with Gasteiger partial charge in [-0.15, -0.1) is 0 Å². The molecule has 0 aromatic heterocycles. The third-order valence-electron chi connectivity index (χ3n) is 2.75. The molecule has 0 aliphatic carbocycles. The molecule has 0 amide bonds. The fourth-order valence-electron chi connectivity index (χ4n) is 1.70. The number of rotatable bonds is 2. The van der Waals surface area contributed by atoms with Crippen LogP contribution in [0.3, 0.4) is 0 Å². The molecule has 0 radical (unpaired) electrons. The fraction of sp³-hybridized carbons (Fsp3) is 0.118. The van der Waals surface area contributed by atoms with Gasteiger partial charge < -0.3 is 0 Å². The molecule has 0 aliphatic heterocycles. The predicted octanol–water partition coefficient (Wildman–Crippen LogP) is 3.65. The van der Waals surface area contributed by atoms with Crippen LogP contribution in [0, 0.1) is 11.8 Å². The highest BCUT2D eigenvalue weighted by atomic mass is 16.1. The van der Waals surface area contributed by atoms with E-state index in [1.807, 2.05) is 55.5 Å². The minimum absolute atomic E-state index is 0.116. The van der Waals surface area contributed by atoms with Crippen molar-refractivity contribution in [3.05, 3.63) is 71.3 Å². The molecule has 0 spiro atoms. The quantitative estimate of drug-likeness (QED) is 0.572. The first-order chi connectivity index (χ1) is 8.79. The first-order valence-electron chi connectivity index (χ1n) is 5.91. The molecule has 0 heterocycles. The molecule has 88 valence electrons. The second-order valence-electron chi connectivity index (χ2n) is 4.15. The molecule has 0 saturated heterocycles. The Labute approximate surface area is 107 Å². The highest BCUT2D eigenvalue weighted by Gasteiger charge is 2.02. The zero-order valence-electron chi connectivity index (χ0n) is 10.3. The van der Waals surface area contributed by atoms with Crippen molar-refractivity contribution in [2.24, 2.45) is 0 Å². The summed E-state index contributed by atoms with van der Waals surface area (Å²) in [7, 11) is 0. The summed E-state index contributed by atoms with van der Waals surface area (Å²) < 4.78 is 0. The van der Waals surface area contributed by atoms with Crippen LogP contribution in [-0.2, 0) is 0 Å². The largest absolute Gasteiger partial charge is 0.298 e. The van der Waals surface area contributed by atoms with Crippen molar-refractivity contribution >= 4 is 6.29 Å². The SMILES string of the molecule is C[C@@H](C#Cc1ccccc1)c1cccc(C=O)c1. The van der Waals surface area contributed by atoms with Gasteiger partial charge in [-0.25, -0.2) is 0 Å². The predicted molar refractivity (Wildman–Crippen MR) is 73.6 cm³/mol. The Hall–Kier alpha value is -2.33. The molecule has 18 heavy (non-hydrogen) atoms. The Balaban J connectivity index is 2.19. The second kappa shape index (κ2) is 5.84. The van der Waals surface area contributed by atoms with Crippen LogP contribution in [0.5, 0.6) is 0 Å². The Bertz CT molecular complexity index is 588. The second-order valence-corrected chi connectivity index (χ2v) is 4.15. The standard InChI is InChI=1S/C17H14O/c1-14(10-11-15-6-3-2-4-7-15)17-9-5-8-16(12-17)13-18/h2-9,12-14H,1H3/t14-/m0/s1. The van der Waals surface area contributed by atoms with E-state index < -0.39 is 0 Å². The molecule has 0 fully saturated rings. The van der Waals surface area contributed by atoms with Crippen LogP contribution < -0.4 is 0 Å². The molecule has 0 unspecified atom stereocenters. The molecule has 2 aromatic carbocycles. The van der Waals surface area contributed by atoms with Crippen LogP contribution in [-0.4, -0.2) is 6.29 Å². The highest BCUT2D eigenvalue weighted by molar-refractivity contribution is 5.75. The van der Waals surface area contributed by atoms with E-state index in [1.54, 1.807) is 6.07 Å². The average Bonchev–Trinajstić information content (AvgIpc) is 2.46. The topological polar surface area (TPSA) is 17.1 Å².